The molecular formula is C16H16FN5O2. The predicted molar refractivity (Wildman–Crippen MR) is 84.9 cm³/mol. The summed E-state index contributed by atoms with van der Waals surface area (Å²) in [6.07, 6.45) is 3.56. The second-order valence-electron chi connectivity index (χ2n) is 4.99. The Morgan fingerprint density at radius 2 is 1.96 bits per heavy atom. The quantitative estimate of drug-likeness (QED) is 0.697. The van der Waals surface area contributed by atoms with Gasteiger partial charge in [-0.15, -0.1) is 5.10 Å². The highest BCUT2D eigenvalue weighted by Gasteiger charge is 2.21. The Hall–Kier alpha value is -3.00. The number of amides is 1. The third-order valence-electron chi connectivity index (χ3n) is 3.37. The van der Waals surface area contributed by atoms with Crippen LogP contribution in [0.3, 0.4) is 0 Å². The molecule has 7 nitrogen and oxygen atoms in total. The van der Waals surface area contributed by atoms with E-state index in [0.717, 1.165) is 0 Å². The van der Waals surface area contributed by atoms with Crippen molar-refractivity contribution in [2.24, 2.45) is 0 Å². The number of ether oxygens (including phenoxy) is 1. The number of nitrogens with one attached hydrogen (secondary N) is 1. The van der Waals surface area contributed by atoms with Crippen LogP contribution in [0.25, 0.3) is 11.5 Å². The zero-order valence-electron chi connectivity index (χ0n) is 13.0. The van der Waals surface area contributed by atoms with Gasteiger partial charge in [0.15, 0.2) is 11.5 Å². The van der Waals surface area contributed by atoms with E-state index in [1.54, 1.807) is 36.2 Å². The molecule has 2 aromatic heterocycles. The topological polar surface area (TPSA) is 74.0 Å². The highest BCUT2D eigenvalue weighted by Crippen LogP contribution is 2.18. The number of hydrogen-bond acceptors (Lipinski definition) is 4. The maximum Gasteiger partial charge on any atom is 0.275 e. The maximum atomic E-state index is 13.2. The molecule has 2 heterocycles. The third kappa shape index (κ3) is 3.18. The van der Waals surface area contributed by atoms with Crippen LogP contribution in [0.15, 0.2) is 48.8 Å². The van der Waals surface area contributed by atoms with Crippen molar-refractivity contribution in [1.29, 1.82) is 0 Å². The molecule has 1 N–H and O–H groups in total. The second kappa shape index (κ2) is 7.05. The van der Waals surface area contributed by atoms with Crippen LogP contribution < -0.4 is 5.32 Å². The Kier molecular flexibility index (Phi) is 4.66. The first-order valence-electron chi connectivity index (χ1n) is 7.33. The standard InChI is InChI=1S/C16H16FN5O2/c1-24-11-8-18-15(23)14-16(21-9-2-3-10-21)22(20-19-14)13-6-4-12(17)5-7-13/h2-7,9-10H,8,11H2,1H3,(H,18,23). The molecule has 124 valence electrons. The molecule has 0 fully saturated rings. The summed E-state index contributed by atoms with van der Waals surface area (Å²) in [5.41, 5.74) is 0.773. The minimum absolute atomic E-state index is 0.173. The minimum atomic E-state index is -0.357. The summed E-state index contributed by atoms with van der Waals surface area (Å²) < 4.78 is 21.3. The van der Waals surface area contributed by atoms with E-state index in [-0.39, 0.29) is 17.4 Å². The average Bonchev–Trinajstić information content (AvgIpc) is 3.24. The van der Waals surface area contributed by atoms with Crippen LogP contribution in [0.5, 0.6) is 0 Å². The largest absolute Gasteiger partial charge is 0.383 e. The van der Waals surface area contributed by atoms with Gasteiger partial charge in [0.25, 0.3) is 5.91 Å². The van der Waals surface area contributed by atoms with E-state index >= 15 is 0 Å². The fourth-order valence-corrected chi connectivity index (χ4v) is 2.24. The Morgan fingerprint density at radius 1 is 1.25 bits per heavy atom. The van der Waals surface area contributed by atoms with Crippen molar-refractivity contribution in [3.8, 4) is 11.5 Å². The molecule has 0 saturated carbocycles. The summed E-state index contributed by atoms with van der Waals surface area (Å²) >= 11 is 0. The zero-order chi connectivity index (χ0) is 16.9. The first-order chi connectivity index (χ1) is 11.7. The van der Waals surface area contributed by atoms with Gasteiger partial charge in [-0.2, -0.15) is 4.68 Å². The molecule has 0 spiro atoms. The van der Waals surface area contributed by atoms with E-state index in [9.17, 15) is 9.18 Å². The molecule has 0 unspecified atom stereocenters. The van der Waals surface area contributed by atoms with Gasteiger partial charge in [-0.25, -0.2) is 4.39 Å². The molecule has 0 aliphatic heterocycles. The van der Waals surface area contributed by atoms with Crippen molar-refractivity contribution < 1.29 is 13.9 Å². The summed E-state index contributed by atoms with van der Waals surface area (Å²) in [5, 5.41) is 10.8. The highest BCUT2D eigenvalue weighted by atomic mass is 19.1. The van der Waals surface area contributed by atoms with Crippen LogP contribution in [-0.2, 0) is 4.74 Å². The molecule has 24 heavy (non-hydrogen) atoms. The lowest BCUT2D eigenvalue weighted by atomic mass is 10.3. The van der Waals surface area contributed by atoms with Gasteiger partial charge in [0.2, 0.25) is 0 Å². The van der Waals surface area contributed by atoms with Crippen LogP contribution in [0, 0.1) is 5.82 Å². The number of carbonyl (C=O) groups is 1. The summed E-state index contributed by atoms with van der Waals surface area (Å²) in [6, 6.07) is 9.46. The van der Waals surface area contributed by atoms with Crippen LogP contribution in [0.4, 0.5) is 4.39 Å². The minimum Gasteiger partial charge on any atom is -0.383 e. The normalized spacial score (nSPS) is 10.8. The Bertz CT molecular complexity index is 812. The van der Waals surface area contributed by atoms with Crippen molar-refractivity contribution in [1.82, 2.24) is 24.9 Å². The molecular weight excluding hydrogens is 313 g/mol. The molecule has 0 atom stereocenters. The Morgan fingerprint density at radius 3 is 2.62 bits per heavy atom. The Balaban J connectivity index is 2.01. The fourth-order valence-electron chi connectivity index (χ4n) is 2.24. The van der Waals surface area contributed by atoms with Crippen LogP contribution >= 0.6 is 0 Å². The van der Waals surface area contributed by atoms with E-state index in [2.05, 4.69) is 15.6 Å². The van der Waals surface area contributed by atoms with Gasteiger partial charge in [0, 0.05) is 26.0 Å². The molecule has 1 aromatic carbocycles. The highest BCUT2D eigenvalue weighted by molar-refractivity contribution is 5.95. The summed E-state index contributed by atoms with van der Waals surface area (Å²) in [5.74, 6) is -0.232. The molecule has 0 aliphatic carbocycles. The molecule has 8 heteroatoms. The van der Waals surface area contributed by atoms with Crippen molar-refractivity contribution in [2.75, 3.05) is 20.3 Å². The van der Waals surface area contributed by atoms with Crippen LogP contribution in [0.2, 0.25) is 0 Å². The maximum absolute atomic E-state index is 13.2. The number of rotatable bonds is 6. The first-order valence-corrected chi connectivity index (χ1v) is 7.33. The van der Waals surface area contributed by atoms with Gasteiger partial charge in [0.1, 0.15) is 5.82 Å². The van der Waals surface area contributed by atoms with E-state index in [1.807, 2.05) is 12.1 Å². The van der Waals surface area contributed by atoms with E-state index in [1.165, 1.54) is 16.8 Å². The number of benzene rings is 1. The van der Waals surface area contributed by atoms with Gasteiger partial charge in [-0.05, 0) is 36.4 Å². The van der Waals surface area contributed by atoms with Crippen LogP contribution in [-0.4, -0.2) is 45.7 Å². The van der Waals surface area contributed by atoms with Gasteiger partial charge >= 0.3 is 0 Å². The SMILES string of the molecule is COCCNC(=O)c1nnn(-c2ccc(F)cc2)c1-n1cccc1. The van der Waals surface area contributed by atoms with Gasteiger partial charge in [-0.3, -0.25) is 4.79 Å². The summed E-state index contributed by atoms with van der Waals surface area (Å²) in [7, 11) is 1.56. The summed E-state index contributed by atoms with van der Waals surface area (Å²) in [6.45, 7) is 0.764. The fraction of sp³-hybridized carbons (Fsp3) is 0.188. The predicted octanol–water partition coefficient (Wildman–Crippen LogP) is 1.57. The molecule has 0 bridgehead atoms. The monoisotopic (exact) mass is 329 g/mol. The molecule has 0 radical (unpaired) electrons. The van der Waals surface area contributed by atoms with Gasteiger partial charge in [-0.1, -0.05) is 5.21 Å². The van der Waals surface area contributed by atoms with Crippen LogP contribution in [0.1, 0.15) is 10.5 Å². The molecule has 1 amide bonds. The lowest BCUT2D eigenvalue weighted by Crippen LogP contribution is -2.28. The Labute approximate surface area is 137 Å². The van der Waals surface area contributed by atoms with E-state index in [0.29, 0.717) is 24.7 Å². The van der Waals surface area contributed by atoms with Crippen molar-refractivity contribution in [2.45, 2.75) is 0 Å². The van der Waals surface area contributed by atoms with Gasteiger partial charge in [0.05, 0.1) is 12.3 Å². The number of carbonyl (C=O) groups excluding carboxylic acids is 1. The first kappa shape index (κ1) is 15.9. The molecule has 3 rings (SSSR count). The lowest BCUT2D eigenvalue weighted by molar-refractivity contribution is 0.0932. The van der Waals surface area contributed by atoms with Crippen molar-refractivity contribution in [3.63, 3.8) is 0 Å². The summed E-state index contributed by atoms with van der Waals surface area (Å²) in [4.78, 5) is 12.4. The molecule has 0 saturated heterocycles. The third-order valence-corrected chi connectivity index (χ3v) is 3.37. The van der Waals surface area contributed by atoms with E-state index in [4.69, 9.17) is 4.74 Å². The number of hydrogen-bond donors (Lipinski definition) is 1. The zero-order valence-corrected chi connectivity index (χ0v) is 13.0. The van der Waals surface area contributed by atoms with Gasteiger partial charge < -0.3 is 14.6 Å². The molecule has 0 aliphatic rings. The number of aromatic nitrogens is 4. The molecule has 3 aromatic rings. The number of methoxy groups -OCH3 is 1. The van der Waals surface area contributed by atoms with Crippen molar-refractivity contribution >= 4 is 5.91 Å². The van der Waals surface area contributed by atoms with E-state index < -0.39 is 0 Å². The number of halogens is 1. The van der Waals surface area contributed by atoms with Crippen molar-refractivity contribution in [3.05, 3.63) is 60.3 Å². The average molecular weight is 329 g/mol. The number of nitrogens with zero attached hydrogens (tertiary/aromatic N) is 4. The smallest absolute Gasteiger partial charge is 0.275 e. The lowest BCUT2D eigenvalue weighted by Gasteiger charge is -2.09. The second-order valence-corrected chi connectivity index (χ2v) is 4.99.